The van der Waals surface area contributed by atoms with Crippen molar-refractivity contribution in [3.05, 3.63) is 53.4 Å². The lowest BCUT2D eigenvalue weighted by Gasteiger charge is -2.30. The fourth-order valence-electron chi connectivity index (χ4n) is 5.59. The zero-order valence-electron chi connectivity index (χ0n) is 22.8. The minimum Gasteiger partial charge on any atom is -0.325 e. The van der Waals surface area contributed by atoms with E-state index >= 15 is 0 Å². The molecule has 0 aliphatic carbocycles. The van der Waals surface area contributed by atoms with Gasteiger partial charge in [0.1, 0.15) is 5.69 Å². The van der Waals surface area contributed by atoms with Crippen molar-refractivity contribution < 1.29 is 13.2 Å². The molecule has 3 aromatic rings. The van der Waals surface area contributed by atoms with E-state index in [9.17, 15) is 13.2 Å². The SMILES string of the molecule is CN(C)CCCc1ccc(-c2n[nH]c3ccc(NC(=O)C(C4C=CSC4)N4CCCC4)cc23)cc1S(C)(=O)=O. The second-order valence-electron chi connectivity index (χ2n) is 10.8. The van der Waals surface area contributed by atoms with Crippen LogP contribution in [0.15, 0.2) is 52.8 Å². The Hall–Kier alpha value is -2.66. The molecule has 0 radical (unpaired) electrons. The van der Waals surface area contributed by atoms with Crippen molar-refractivity contribution in [2.24, 2.45) is 5.92 Å². The molecule has 1 amide bonds. The Kier molecular flexibility index (Phi) is 8.46. The van der Waals surface area contributed by atoms with E-state index in [2.05, 4.69) is 36.8 Å². The first-order valence-electron chi connectivity index (χ1n) is 13.5. The molecule has 10 heteroatoms. The van der Waals surface area contributed by atoms with Gasteiger partial charge in [0.25, 0.3) is 0 Å². The predicted molar refractivity (Wildman–Crippen MR) is 160 cm³/mol. The molecule has 2 aromatic carbocycles. The molecular weight excluding hydrogens is 530 g/mol. The third-order valence-corrected chi connectivity index (χ3v) is 9.65. The lowest BCUT2D eigenvalue weighted by atomic mass is 9.99. The zero-order chi connectivity index (χ0) is 27.6. The van der Waals surface area contributed by atoms with E-state index < -0.39 is 9.84 Å². The van der Waals surface area contributed by atoms with Gasteiger partial charge in [-0.05, 0) is 94.6 Å². The number of sulfone groups is 1. The fraction of sp³-hybridized carbons (Fsp3) is 0.448. The standard InChI is InChI=1S/C29H37N5O3S2/c1-33(2)13-6-7-20-8-9-21(17-26(20)39(3,36)37)27-24-18-23(10-11-25(24)31-32-27)30-29(35)28(22-12-16-38-19-22)34-14-4-5-15-34/h8-12,16-18,22,28H,4-7,13-15,19H2,1-3H3,(H,30,35)(H,31,32). The summed E-state index contributed by atoms with van der Waals surface area (Å²) in [4.78, 5) is 18.3. The second kappa shape index (κ2) is 11.8. The van der Waals surface area contributed by atoms with Gasteiger partial charge in [-0.1, -0.05) is 18.2 Å². The number of carbonyl (C=O) groups is 1. The molecule has 1 aromatic heterocycles. The summed E-state index contributed by atoms with van der Waals surface area (Å²) in [7, 11) is 0.601. The van der Waals surface area contributed by atoms with E-state index in [0.29, 0.717) is 22.7 Å². The molecule has 0 saturated carbocycles. The lowest BCUT2D eigenvalue weighted by molar-refractivity contribution is -0.122. The van der Waals surface area contributed by atoms with E-state index in [1.54, 1.807) is 17.8 Å². The summed E-state index contributed by atoms with van der Waals surface area (Å²) in [6, 6.07) is 11.1. The number of thioether (sulfide) groups is 1. The normalized spacial score (nSPS) is 18.8. The molecule has 2 unspecified atom stereocenters. The molecule has 5 rings (SSSR count). The van der Waals surface area contributed by atoms with Crippen molar-refractivity contribution in [1.82, 2.24) is 20.0 Å². The van der Waals surface area contributed by atoms with Crippen LogP contribution in [0.5, 0.6) is 0 Å². The maximum Gasteiger partial charge on any atom is 0.242 e. The van der Waals surface area contributed by atoms with Crippen molar-refractivity contribution in [3.63, 3.8) is 0 Å². The molecule has 2 aliphatic heterocycles. The number of hydrogen-bond acceptors (Lipinski definition) is 7. The van der Waals surface area contributed by atoms with Crippen molar-refractivity contribution in [2.45, 2.75) is 36.6 Å². The summed E-state index contributed by atoms with van der Waals surface area (Å²) >= 11 is 1.76. The highest BCUT2D eigenvalue weighted by atomic mass is 32.2. The number of rotatable bonds is 10. The average molecular weight is 568 g/mol. The minimum atomic E-state index is -3.42. The van der Waals surface area contributed by atoms with Gasteiger partial charge in [-0.15, -0.1) is 11.8 Å². The third kappa shape index (κ3) is 6.40. The van der Waals surface area contributed by atoms with Crippen LogP contribution in [0.3, 0.4) is 0 Å². The largest absolute Gasteiger partial charge is 0.325 e. The Bertz CT molecular complexity index is 1480. The third-order valence-electron chi connectivity index (χ3n) is 7.54. The van der Waals surface area contributed by atoms with Gasteiger partial charge >= 0.3 is 0 Å². The maximum absolute atomic E-state index is 13.5. The number of benzene rings is 2. The summed E-state index contributed by atoms with van der Waals surface area (Å²) in [5.41, 5.74) is 3.74. The molecule has 1 saturated heterocycles. The number of nitrogens with zero attached hydrogens (tertiary/aromatic N) is 3. The number of aromatic amines is 1. The average Bonchev–Trinajstić information content (AvgIpc) is 3.66. The first-order chi connectivity index (χ1) is 18.7. The van der Waals surface area contributed by atoms with E-state index in [-0.39, 0.29) is 17.9 Å². The number of fused-ring (bicyclic) bond motifs is 1. The molecular formula is C29H37N5O3S2. The topological polar surface area (TPSA) is 98.4 Å². The summed E-state index contributed by atoms with van der Waals surface area (Å²) in [6.07, 6.45) is 7.23. The van der Waals surface area contributed by atoms with Crippen LogP contribution in [0, 0.1) is 5.92 Å². The fourth-order valence-corrected chi connectivity index (χ4v) is 7.52. The molecule has 3 heterocycles. The number of hydrogen-bond donors (Lipinski definition) is 2. The summed E-state index contributed by atoms with van der Waals surface area (Å²) in [6.45, 7) is 2.79. The van der Waals surface area contributed by atoms with Crippen LogP contribution in [0.2, 0.25) is 0 Å². The number of likely N-dealkylation sites (tertiary alicyclic amines) is 1. The summed E-state index contributed by atoms with van der Waals surface area (Å²) < 4.78 is 25.4. The van der Waals surface area contributed by atoms with Crippen LogP contribution in [0.4, 0.5) is 5.69 Å². The van der Waals surface area contributed by atoms with Crippen LogP contribution in [-0.2, 0) is 21.1 Å². The number of aromatic nitrogens is 2. The van der Waals surface area contributed by atoms with Crippen LogP contribution in [0.25, 0.3) is 22.2 Å². The van der Waals surface area contributed by atoms with Gasteiger partial charge in [0.2, 0.25) is 5.91 Å². The Morgan fingerprint density at radius 1 is 1.21 bits per heavy atom. The van der Waals surface area contributed by atoms with Crippen molar-refractivity contribution in [1.29, 1.82) is 0 Å². The number of H-pyrrole nitrogens is 1. The van der Waals surface area contributed by atoms with Gasteiger partial charge in [0.05, 0.1) is 16.5 Å². The molecule has 2 aliphatic rings. The first-order valence-corrected chi connectivity index (χ1v) is 16.4. The van der Waals surface area contributed by atoms with Gasteiger partial charge in [0, 0.05) is 34.6 Å². The highest BCUT2D eigenvalue weighted by molar-refractivity contribution is 8.02. The summed E-state index contributed by atoms with van der Waals surface area (Å²) in [5, 5.41) is 13.7. The zero-order valence-corrected chi connectivity index (χ0v) is 24.4. The minimum absolute atomic E-state index is 0.0138. The van der Waals surface area contributed by atoms with E-state index in [0.717, 1.165) is 66.7 Å². The Labute approximate surface area is 235 Å². The molecule has 8 nitrogen and oxygen atoms in total. The van der Waals surface area contributed by atoms with E-state index in [1.165, 1.54) is 6.26 Å². The smallest absolute Gasteiger partial charge is 0.242 e. The first kappa shape index (κ1) is 27.9. The molecule has 208 valence electrons. The number of aryl methyl sites for hydroxylation is 1. The maximum atomic E-state index is 13.5. The number of nitrogens with one attached hydrogen (secondary N) is 2. The molecule has 0 spiro atoms. The van der Waals surface area contributed by atoms with E-state index in [1.807, 2.05) is 44.4 Å². The van der Waals surface area contributed by atoms with E-state index in [4.69, 9.17) is 0 Å². The van der Waals surface area contributed by atoms with Crippen LogP contribution in [0.1, 0.15) is 24.8 Å². The Balaban J connectivity index is 1.43. The molecule has 39 heavy (non-hydrogen) atoms. The molecule has 2 atom stereocenters. The highest BCUT2D eigenvalue weighted by Gasteiger charge is 2.35. The number of anilines is 1. The predicted octanol–water partition coefficient (Wildman–Crippen LogP) is 4.41. The van der Waals surface area contributed by atoms with Gasteiger partial charge < -0.3 is 10.2 Å². The summed E-state index contributed by atoms with van der Waals surface area (Å²) in [5.74, 6) is 1.14. The number of carbonyl (C=O) groups excluding carboxylic acids is 1. The quantitative estimate of drug-likeness (QED) is 0.375. The second-order valence-corrected chi connectivity index (χ2v) is 13.8. The number of amides is 1. The lowest BCUT2D eigenvalue weighted by Crippen LogP contribution is -2.47. The molecule has 1 fully saturated rings. The van der Waals surface area contributed by atoms with Gasteiger partial charge in [-0.2, -0.15) is 5.10 Å². The van der Waals surface area contributed by atoms with Gasteiger partial charge in [0.15, 0.2) is 9.84 Å². The van der Waals surface area contributed by atoms with Crippen molar-refractivity contribution in [3.8, 4) is 11.3 Å². The van der Waals surface area contributed by atoms with Crippen molar-refractivity contribution >= 4 is 44.1 Å². The van der Waals surface area contributed by atoms with Gasteiger partial charge in [-0.3, -0.25) is 14.8 Å². The van der Waals surface area contributed by atoms with Crippen LogP contribution in [-0.4, -0.2) is 86.1 Å². The molecule has 0 bridgehead atoms. The Morgan fingerprint density at radius 3 is 2.69 bits per heavy atom. The van der Waals surface area contributed by atoms with Crippen molar-refractivity contribution in [2.75, 3.05) is 51.1 Å². The van der Waals surface area contributed by atoms with Gasteiger partial charge in [-0.25, -0.2) is 8.42 Å². The van der Waals surface area contributed by atoms with Crippen LogP contribution < -0.4 is 5.32 Å². The monoisotopic (exact) mass is 567 g/mol. The Morgan fingerprint density at radius 2 is 2.00 bits per heavy atom. The van der Waals surface area contributed by atoms with Crippen LogP contribution >= 0.6 is 11.8 Å². The molecule has 2 N–H and O–H groups in total. The highest BCUT2D eigenvalue weighted by Crippen LogP contribution is 2.33.